The van der Waals surface area contributed by atoms with Gasteiger partial charge in [0.1, 0.15) is 0 Å². The molecule has 2 rings (SSSR count). The highest BCUT2D eigenvalue weighted by Crippen LogP contribution is 2.39. The van der Waals surface area contributed by atoms with E-state index >= 15 is 0 Å². The van der Waals surface area contributed by atoms with Crippen LogP contribution in [0.2, 0.25) is 0 Å². The number of unbranched alkanes of at least 4 members (excludes halogenated alkanes) is 1. The zero-order valence-corrected chi connectivity index (χ0v) is 11.5. The summed E-state index contributed by atoms with van der Waals surface area (Å²) in [4.78, 5) is 2.69. The third kappa shape index (κ3) is 3.69. The molecule has 0 aliphatic heterocycles. The van der Waals surface area contributed by atoms with Crippen LogP contribution >= 0.6 is 0 Å². The number of aliphatic hydroxyl groups is 1. The van der Waals surface area contributed by atoms with Crippen LogP contribution in [0.25, 0.3) is 0 Å². The fraction of sp³-hybridized carbons (Fsp3) is 1.00. The molecule has 1 N–H and O–H groups in total. The van der Waals surface area contributed by atoms with Gasteiger partial charge in [0.2, 0.25) is 0 Å². The molecule has 2 fully saturated rings. The molecule has 0 spiro atoms. The lowest BCUT2D eigenvalue weighted by atomic mass is 9.74. The number of rotatable bonds is 7. The van der Waals surface area contributed by atoms with E-state index in [1.165, 1.54) is 64.3 Å². The minimum atomic E-state index is 0.245. The van der Waals surface area contributed by atoms with Gasteiger partial charge in [0.15, 0.2) is 0 Å². The summed E-state index contributed by atoms with van der Waals surface area (Å²) >= 11 is 0. The monoisotopic (exact) mass is 239 g/mol. The summed E-state index contributed by atoms with van der Waals surface area (Å²) in [6.07, 6.45) is 11.9. The molecule has 0 bridgehead atoms. The molecule has 0 atom stereocenters. The Morgan fingerprint density at radius 3 is 2.41 bits per heavy atom. The molecule has 100 valence electrons. The molecule has 0 amide bonds. The Bertz CT molecular complexity index is 219. The Morgan fingerprint density at radius 2 is 1.88 bits per heavy atom. The second kappa shape index (κ2) is 6.19. The summed E-state index contributed by atoms with van der Waals surface area (Å²) in [5.41, 5.74) is 0.245. The minimum absolute atomic E-state index is 0.245. The molecule has 0 aromatic carbocycles. The molecular formula is C15H29NO. The van der Waals surface area contributed by atoms with E-state index in [9.17, 15) is 5.11 Å². The Morgan fingerprint density at radius 1 is 1.18 bits per heavy atom. The van der Waals surface area contributed by atoms with Crippen LogP contribution in [0.15, 0.2) is 0 Å². The van der Waals surface area contributed by atoms with Gasteiger partial charge < -0.3 is 5.11 Å². The summed E-state index contributed by atoms with van der Waals surface area (Å²) in [5.74, 6) is 0. The summed E-state index contributed by atoms with van der Waals surface area (Å²) in [6.45, 7) is 5.09. The van der Waals surface area contributed by atoms with Gasteiger partial charge in [0, 0.05) is 24.6 Å². The highest BCUT2D eigenvalue weighted by Gasteiger charge is 2.37. The second-order valence-corrected chi connectivity index (χ2v) is 6.27. The second-order valence-electron chi connectivity index (χ2n) is 6.27. The Kier molecular flexibility index (Phi) is 4.87. The van der Waals surface area contributed by atoms with Gasteiger partial charge in [0.05, 0.1) is 0 Å². The average Bonchev–Trinajstić information content (AvgIpc) is 3.20. The first-order valence-electron chi connectivity index (χ1n) is 7.64. The van der Waals surface area contributed by atoms with Crippen molar-refractivity contribution < 1.29 is 5.11 Å². The van der Waals surface area contributed by atoms with Gasteiger partial charge in [-0.25, -0.2) is 0 Å². The highest BCUT2D eigenvalue weighted by atomic mass is 16.3. The molecule has 2 aliphatic carbocycles. The Balaban J connectivity index is 1.89. The van der Waals surface area contributed by atoms with Gasteiger partial charge in [-0.1, -0.05) is 32.6 Å². The average molecular weight is 239 g/mol. The quantitative estimate of drug-likeness (QED) is 0.737. The van der Waals surface area contributed by atoms with E-state index in [0.29, 0.717) is 6.61 Å². The van der Waals surface area contributed by atoms with Crippen molar-refractivity contribution in [3.05, 3.63) is 0 Å². The van der Waals surface area contributed by atoms with Gasteiger partial charge in [-0.05, 0) is 38.6 Å². The first-order valence-corrected chi connectivity index (χ1v) is 7.64. The van der Waals surface area contributed by atoms with E-state index in [0.717, 1.165) is 12.6 Å². The van der Waals surface area contributed by atoms with Crippen molar-refractivity contribution in [1.29, 1.82) is 0 Å². The largest absolute Gasteiger partial charge is 0.396 e. The van der Waals surface area contributed by atoms with E-state index in [-0.39, 0.29) is 5.41 Å². The maximum Gasteiger partial charge on any atom is 0.0499 e. The van der Waals surface area contributed by atoms with Crippen LogP contribution in [0.3, 0.4) is 0 Å². The Hall–Kier alpha value is -0.0800. The first kappa shape index (κ1) is 13.4. The van der Waals surface area contributed by atoms with Crippen molar-refractivity contribution >= 4 is 0 Å². The van der Waals surface area contributed by atoms with Crippen molar-refractivity contribution in [2.45, 2.75) is 70.8 Å². The zero-order valence-electron chi connectivity index (χ0n) is 11.5. The molecule has 2 nitrogen and oxygen atoms in total. The summed E-state index contributed by atoms with van der Waals surface area (Å²) in [7, 11) is 0. The van der Waals surface area contributed by atoms with Crippen LogP contribution in [0, 0.1) is 5.41 Å². The predicted molar refractivity (Wildman–Crippen MR) is 72.1 cm³/mol. The van der Waals surface area contributed by atoms with Gasteiger partial charge in [-0.3, -0.25) is 4.90 Å². The van der Waals surface area contributed by atoms with Crippen molar-refractivity contribution in [2.24, 2.45) is 5.41 Å². The summed E-state index contributed by atoms with van der Waals surface area (Å²) < 4.78 is 0. The van der Waals surface area contributed by atoms with Crippen molar-refractivity contribution in [3.63, 3.8) is 0 Å². The molecule has 2 heteroatoms. The fourth-order valence-corrected chi connectivity index (χ4v) is 3.29. The van der Waals surface area contributed by atoms with Crippen LogP contribution in [-0.4, -0.2) is 35.7 Å². The van der Waals surface area contributed by atoms with Crippen LogP contribution < -0.4 is 0 Å². The SMILES string of the molecule is CCCCN(CC1(CO)CCCCC1)C1CC1. The van der Waals surface area contributed by atoms with Crippen LogP contribution in [-0.2, 0) is 0 Å². The standard InChI is InChI=1S/C15H29NO/c1-2-3-11-16(14-7-8-14)12-15(13-17)9-5-4-6-10-15/h14,17H,2-13H2,1H3. The molecule has 0 heterocycles. The number of nitrogens with zero attached hydrogens (tertiary/aromatic N) is 1. The van der Waals surface area contributed by atoms with Crippen LogP contribution in [0.4, 0.5) is 0 Å². The maximum absolute atomic E-state index is 9.79. The van der Waals surface area contributed by atoms with E-state index in [4.69, 9.17) is 0 Å². The minimum Gasteiger partial charge on any atom is -0.396 e. The highest BCUT2D eigenvalue weighted by molar-refractivity contribution is 4.91. The van der Waals surface area contributed by atoms with E-state index < -0.39 is 0 Å². The lowest BCUT2D eigenvalue weighted by Gasteiger charge is -2.40. The third-order valence-electron chi connectivity index (χ3n) is 4.65. The summed E-state index contributed by atoms with van der Waals surface area (Å²) in [6, 6.07) is 0.854. The maximum atomic E-state index is 9.79. The number of hydrogen-bond acceptors (Lipinski definition) is 2. The van der Waals surface area contributed by atoms with Crippen LogP contribution in [0.1, 0.15) is 64.7 Å². The molecule has 0 saturated heterocycles. The molecule has 0 aromatic rings. The zero-order chi connectivity index (χ0) is 12.1. The molecule has 0 aromatic heterocycles. The Labute approximate surface area is 106 Å². The lowest BCUT2D eigenvalue weighted by molar-refractivity contribution is 0.0371. The molecular weight excluding hydrogens is 210 g/mol. The molecule has 2 saturated carbocycles. The summed E-state index contributed by atoms with van der Waals surface area (Å²) in [5, 5.41) is 9.79. The van der Waals surface area contributed by atoms with Crippen molar-refractivity contribution in [1.82, 2.24) is 4.90 Å². The predicted octanol–water partition coefficient (Wildman–Crippen LogP) is 3.19. The van der Waals surface area contributed by atoms with Crippen molar-refractivity contribution in [3.8, 4) is 0 Å². The molecule has 2 aliphatic rings. The molecule has 17 heavy (non-hydrogen) atoms. The van der Waals surface area contributed by atoms with Crippen LogP contribution in [0.5, 0.6) is 0 Å². The topological polar surface area (TPSA) is 23.5 Å². The van der Waals surface area contributed by atoms with E-state index in [1.54, 1.807) is 0 Å². The normalized spacial score (nSPS) is 24.2. The van der Waals surface area contributed by atoms with Gasteiger partial charge in [0.25, 0.3) is 0 Å². The van der Waals surface area contributed by atoms with Gasteiger partial charge in [-0.2, -0.15) is 0 Å². The number of aliphatic hydroxyl groups excluding tert-OH is 1. The first-order chi connectivity index (χ1) is 8.29. The van der Waals surface area contributed by atoms with Gasteiger partial charge in [-0.15, -0.1) is 0 Å². The van der Waals surface area contributed by atoms with E-state index in [1.807, 2.05) is 0 Å². The fourth-order valence-electron chi connectivity index (χ4n) is 3.29. The lowest BCUT2D eigenvalue weighted by Crippen LogP contribution is -2.43. The third-order valence-corrected chi connectivity index (χ3v) is 4.65. The molecule has 0 radical (unpaired) electrons. The van der Waals surface area contributed by atoms with Gasteiger partial charge >= 0.3 is 0 Å². The smallest absolute Gasteiger partial charge is 0.0499 e. The van der Waals surface area contributed by atoms with Crippen molar-refractivity contribution in [2.75, 3.05) is 19.7 Å². The number of hydrogen-bond donors (Lipinski definition) is 1. The van der Waals surface area contributed by atoms with E-state index in [2.05, 4.69) is 11.8 Å². The molecule has 0 unspecified atom stereocenters.